The second-order valence-corrected chi connectivity index (χ2v) is 6.76. The van der Waals surface area contributed by atoms with Crippen molar-refractivity contribution in [3.8, 4) is 5.75 Å². The molecule has 26 heavy (non-hydrogen) atoms. The zero-order chi connectivity index (χ0) is 18.5. The first-order valence-corrected chi connectivity index (χ1v) is 9.00. The molecule has 0 aliphatic carbocycles. The number of ether oxygens (including phenoxy) is 1. The van der Waals surface area contributed by atoms with Crippen LogP contribution in [0.2, 0.25) is 0 Å². The number of amides is 1. The van der Waals surface area contributed by atoms with Gasteiger partial charge in [0.05, 0.1) is 23.0 Å². The number of carbonyl (C=O) groups is 1. The van der Waals surface area contributed by atoms with Gasteiger partial charge in [-0.3, -0.25) is 4.79 Å². The van der Waals surface area contributed by atoms with E-state index in [4.69, 9.17) is 4.74 Å². The third kappa shape index (κ3) is 4.00. The maximum Gasteiger partial charge on any atom is 0.262 e. The fourth-order valence-corrected chi connectivity index (χ4v) is 3.38. The molecule has 0 unspecified atom stereocenters. The normalized spacial score (nSPS) is 12.7. The molecule has 0 fully saturated rings. The van der Waals surface area contributed by atoms with E-state index in [1.807, 2.05) is 55.5 Å². The van der Waals surface area contributed by atoms with Crippen molar-refractivity contribution in [2.45, 2.75) is 19.9 Å². The Morgan fingerprint density at radius 3 is 2.69 bits per heavy atom. The number of thiazole rings is 1. The Balaban J connectivity index is 1.65. The number of benzene rings is 2. The summed E-state index contributed by atoms with van der Waals surface area (Å²) in [5, 5.41) is 8.01. The molecule has 6 nitrogen and oxygen atoms in total. The standard InChI is InChI=1S/C19H20N4O2S/c1-12(14-8-4-6-10-16(14)25-3)22-23-18(24)13(2)20-19-21-15-9-5-7-11-17(15)26-19/h4-11,13H,1-3H3,(H,20,21)(H,23,24)/b22-12-/t13-/m0/s1. The second-order valence-electron chi connectivity index (χ2n) is 5.73. The summed E-state index contributed by atoms with van der Waals surface area (Å²) in [5.74, 6) is 0.474. The highest BCUT2D eigenvalue weighted by Gasteiger charge is 2.15. The van der Waals surface area contributed by atoms with Gasteiger partial charge in [-0.1, -0.05) is 35.6 Å². The van der Waals surface area contributed by atoms with Crippen molar-refractivity contribution in [1.82, 2.24) is 10.4 Å². The molecule has 2 aromatic carbocycles. The van der Waals surface area contributed by atoms with E-state index in [2.05, 4.69) is 20.8 Å². The summed E-state index contributed by atoms with van der Waals surface area (Å²) in [6.07, 6.45) is 0. The molecule has 1 heterocycles. The molecule has 7 heteroatoms. The SMILES string of the molecule is COc1ccccc1/C(C)=N\NC(=O)[C@H](C)Nc1nc2ccccc2s1. The molecule has 134 valence electrons. The van der Waals surface area contributed by atoms with E-state index in [9.17, 15) is 4.79 Å². The van der Waals surface area contributed by atoms with Gasteiger partial charge in [0.1, 0.15) is 11.8 Å². The van der Waals surface area contributed by atoms with Crippen LogP contribution in [-0.4, -0.2) is 29.8 Å². The van der Waals surface area contributed by atoms with E-state index in [0.29, 0.717) is 16.6 Å². The van der Waals surface area contributed by atoms with Crippen LogP contribution in [0.25, 0.3) is 10.2 Å². The number of anilines is 1. The lowest BCUT2D eigenvalue weighted by molar-refractivity contribution is -0.121. The number of hydrogen-bond donors (Lipinski definition) is 2. The van der Waals surface area contributed by atoms with Gasteiger partial charge in [0.15, 0.2) is 5.13 Å². The molecule has 1 amide bonds. The lowest BCUT2D eigenvalue weighted by Gasteiger charge is -2.12. The molecule has 0 saturated carbocycles. The van der Waals surface area contributed by atoms with Crippen molar-refractivity contribution in [3.63, 3.8) is 0 Å². The zero-order valence-electron chi connectivity index (χ0n) is 14.8. The summed E-state index contributed by atoms with van der Waals surface area (Å²) in [5.41, 5.74) is 5.01. The van der Waals surface area contributed by atoms with E-state index in [0.717, 1.165) is 15.8 Å². The molecule has 0 spiro atoms. The lowest BCUT2D eigenvalue weighted by Crippen LogP contribution is -2.35. The Kier molecular flexibility index (Phi) is 5.48. The first-order chi connectivity index (χ1) is 12.6. The summed E-state index contributed by atoms with van der Waals surface area (Å²) in [6, 6.07) is 14.9. The van der Waals surface area contributed by atoms with Crippen molar-refractivity contribution in [1.29, 1.82) is 0 Å². The van der Waals surface area contributed by atoms with Crippen molar-refractivity contribution < 1.29 is 9.53 Å². The highest BCUT2D eigenvalue weighted by atomic mass is 32.1. The third-order valence-electron chi connectivity index (χ3n) is 3.86. The Bertz CT molecular complexity index is 918. The highest BCUT2D eigenvalue weighted by molar-refractivity contribution is 7.22. The number of carbonyl (C=O) groups excluding carboxylic acids is 1. The number of nitrogens with zero attached hydrogens (tertiary/aromatic N) is 2. The molecule has 1 atom stereocenters. The van der Waals surface area contributed by atoms with Crippen molar-refractivity contribution >= 4 is 38.3 Å². The predicted molar refractivity (Wildman–Crippen MR) is 106 cm³/mol. The van der Waals surface area contributed by atoms with E-state index in [1.54, 1.807) is 14.0 Å². The maximum absolute atomic E-state index is 12.3. The van der Waals surface area contributed by atoms with Gasteiger partial charge in [-0.2, -0.15) is 5.10 Å². The largest absolute Gasteiger partial charge is 0.496 e. The lowest BCUT2D eigenvalue weighted by atomic mass is 10.1. The van der Waals surface area contributed by atoms with E-state index in [-0.39, 0.29) is 5.91 Å². The molecular formula is C19H20N4O2S. The number of methoxy groups -OCH3 is 1. The summed E-state index contributed by atoms with van der Waals surface area (Å²) in [6.45, 7) is 3.60. The van der Waals surface area contributed by atoms with Gasteiger partial charge in [0.25, 0.3) is 5.91 Å². The van der Waals surface area contributed by atoms with Gasteiger partial charge in [0.2, 0.25) is 0 Å². The number of nitrogens with one attached hydrogen (secondary N) is 2. The minimum atomic E-state index is -0.468. The van der Waals surface area contributed by atoms with Crippen LogP contribution in [-0.2, 0) is 4.79 Å². The van der Waals surface area contributed by atoms with Gasteiger partial charge >= 0.3 is 0 Å². The maximum atomic E-state index is 12.3. The fraction of sp³-hybridized carbons (Fsp3) is 0.211. The number of para-hydroxylation sites is 2. The summed E-state index contributed by atoms with van der Waals surface area (Å²) in [7, 11) is 1.61. The minimum absolute atomic E-state index is 0.237. The molecule has 0 aliphatic rings. The molecule has 3 aromatic rings. The van der Waals surface area contributed by atoms with Crippen LogP contribution in [0.1, 0.15) is 19.4 Å². The van der Waals surface area contributed by atoms with Crippen LogP contribution in [0.5, 0.6) is 5.75 Å². The minimum Gasteiger partial charge on any atom is -0.496 e. The molecule has 0 aliphatic heterocycles. The Morgan fingerprint density at radius 1 is 1.19 bits per heavy atom. The van der Waals surface area contributed by atoms with Gasteiger partial charge in [-0.15, -0.1) is 0 Å². The summed E-state index contributed by atoms with van der Waals surface area (Å²) < 4.78 is 6.39. The quantitative estimate of drug-likeness (QED) is 0.514. The average Bonchev–Trinajstić information content (AvgIpc) is 3.07. The van der Waals surface area contributed by atoms with Crippen LogP contribution in [0.4, 0.5) is 5.13 Å². The van der Waals surface area contributed by atoms with Crippen molar-refractivity contribution in [3.05, 3.63) is 54.1 Å². The Morgan fingerprint density at radius 2 is 1.92 bits per heavy atom. The topological polar surface area (TPSA) is 75.6 Å². The summed E-state index contributed by atoms with van der Waals surface area (Å²) in [4.78, 5) is 16.8. The first kappa shape index (κ1) is 17.9. The number of hydrazone groups is 1. The van der Waals surface area contributed by atoms with E-state index in [1.165, 1.54) is 11.3 Å². The number of fused-ring (bicyclic) bond motifs is 1. The first-order valence-electron chi connectivity index (χ1n) is 8.18. The van der Waals surface area contributed by atoms with Crippen molar-refractivity contribution in [2.75, 3.05) is 12.4 Å². The van der Waals surface area contributed by atoms with Gasteiger partial charge < -0.3 is 10.1 Å². The van der Waals surface area contributed by atoms with Crippen LogP contribution in [0.3, 0.4) is 0 Å². The van der Waals surface area contributed by atoms with Crippen LogP contribution >= 0.6 is 11.3 Å². The molecular weight excluding hydrogens is 348 g/mol. The predicted octanol–water partition coefficient (Wildman–Crippen LogP) is 3.65. The monoisotopic (exact) mass is 368 g/mol. The number of hydrogen-bond acceptors (Lipinski definition) is 6. The number of aromatic nitrogens is 1. The Labute approximate surface area is 155 Å². The van der Waals surface area contributed by atoms with Crippen molar-refractivity contribution in [2.24, 2.45) is 5.10 Å². The molecule has 3 rings (SSSR count). The smallest absolute Gasteiger partial charge is 0.262 e. The average molecular weight is 368 g/mol. The zero-order valence-corrected chi connectivity index (χ0v) is 15.6. The second kappa shape index (κ2) is 7.97. The van der Waals surface area contributed by atoms with Crippen LogP contribution < -0.4 is 15.5 Å². The molecule has 0 saturated heterocycles. The molecule has 2 N–H and O–H groups in total. The fourth-order valence-electron chi connectivity index (χ4n) is 2.42. The van der Waals surface area contributed by atoms with Crippen LogP contribution in [0, 0.1) is 0 Å². The third-order valence-corrected chi connectivity index (χ3v) is 4.83. The molecule has 0 radical (unpaired) electrons. The number of rotatable bonds is 6. The van der Waals surface area contributed by atoms with Crippen LogP contribution in [0.15, 0.2) is 53.6 Å². The van der Waals surface area contributed by atoms with E-state index < -0.39 is 6.04 Å². The van der Waals surface area contributed by atoms with Gasteiger partial charge in [-0.25, -0.2) is 10.4 Å². The van der Waals surface area contributed by atoms with Gasteiger partial charge in [0, 0.05) is 5.56 Å². The molecule has 1 aromatic heterocycles. The Hall–Kier alpha value is -2.93. The summed E-state index contributed by atoms with van der Waals surface area (Å²) >= 11 is 1.51. The van der Waals surface area contributed by atoms with E-state index >= 15 is 0 Å². The van der Waals surface area contributed by atoms with Gasteiger partial charge in [-0.05, 0) is 38.1 Å². The highest BCUT2D eigenvalue weighted by Crippen LogP contribution is 2.25. The molecule has 0 bridgehead atoms.